The number of carbonyl (C=O) groups excluding carboxylic acids is 1. The van der Waals surface area contributed by atoms with Gasteiger partial charge in [0.25, 0.3) is 5.82 Å². The normalized spacial score (nSPS) is 10.4. The average Bonchev–Trinajstić information content (AvgIpc) is 2.95. The highest BCUT2D eigenvalue weighted by molar-refractivity contribution is 5.88. The second-order valence-electron chi connectivity index (χ2n) is 3.75. The van der Waals surface area contributed by atoms with Crippen molar-refractivity contribution in [3.8, 4) is 0 Å². The van der Waals surface area contributed by atoms with Crippen molar-refractivity contribution in [1.29, 1.82) is 0 Å². The molecule has 2 rings (SSSR count). The SMILES string of the molecule is COC(=O)c1ncn(Cc2cc(C(=O)O)c(C)o2)n1. The van der Waals surface area contributed by atoms with Gasteiger partial charge in [0, 0.05) is 0 Å². The number of aromatic carboxylic acids is 1. The molecule has 19 heavy (non-hydrogen) atoms. The topological polar surface area (TPSA) is 107 Å². The smallest absolute Gasteiger partial charge is 0.377 e. The lowest BCUT2D eigenvalue weighted by Crippen LogP contribution is -2.06. The van der Waals surface area contributed by atoms with Gasteiger partial charge in [-0.15, -0.1) is 5.10 Å². The van der Waals surface area contributed by atoms with E-state index in [2.05, 4.69) is 14.8 Å². The van der Waals surface area contributed by atoms with Gasteiger partial charge in [0.1, 0.15) is 30.0 Å². The van der Waals surface area contributed by atoms with E-state index < -0.39 is 11.9 Å². The Bertz CT molecular complexity index is 628. The van der Waals surface area contributed by atoms with Crippen molar-refractivity contribution in [1.82, 2.24) is 14.8 Å². The first-order valence-electron chi connectivity index (χ1n) is 5.31. The fourth-order valence-electron chi connectivity index (χ4n) is 1.55. The van der Waals surface area contributed by atoms with Crippen LogP contribution in [0.1, 0.15) is 32.5 Å². The van der Waals surface area contributed by atoms with Crippen molar-refractivity contribution in [3.05, 3.63) is 35.3 Å². The molecule has 0 atom stereocenters. The summed E-state index contributed by atoms with van der Waals surface area (Å²) in [5, 5.41) is 12.8. The van der Waals surface area contributed by atoms with E-state index in [0.29, 0.717) is 11.5 Å². The second kappa shape index (κ2) is 4.92. The van der Waals surface area contributed by atoms with Crippen LogP contribution in [0.15, 0.2) is 16.8 Å². The van der Waals surface area contributed by atoms with E-state index in [-0.39, 0.29) is 17.9 Å². The Balaban J connectivity index is 2.17. The minimum atomic E-state index is -1.05. The van der Waals surface area contributed by atoms with E-state index in [1.54, 1.807) is 6.92 Å². The molecule has 0 aliphatic carbocycles. The van der Waals surface area contributed by atoms with E-state index >= 15 is 0 Å². The summed E-state index contributed by atoms with van der Waals surface area (Å²) in [7, 11) is 1.23. The molecule has 0 aliphatic rings. The number of carboxylic acids is 1. The Morgan fingerprint density at radius 2 is 2.26 bits per heavy atom. The highest BCUT2D eigenvalue weighted by Gasteiger charge is 2.15. The zero-order valence-electron chi connectivity index (χ0n) is 10.3. The predicted molar refractivity (Wildman–Crippen MR) is 60.9 cm³/mol. The van der Waals surface area contributed by atoms with Gasteiger partial charge >= 0.3 is 11.9 Å². The largest absolute Gasteiger partial charge is 0.478 e. The molecule has 8 nitrogen and oxygen atoms in total. The number of aromatic nitrogens is 3. The minimum absolute atomic E-state index is 0.0655. The molecule has 2 aromatic rings. The van der Waals surface area contributed by atoms with Gasteiger partial charge in [0.15, 0.2) is 0 Å². The standard InChI is InChI=1S/C11H11N3O5/c1-6-8(10(15)16)3-7(19-6)4-14-5-12-9(13-14)11(17)18-2/h3,5H,4H2,1-2H3,(H,15,16). The summed E-state index contributed by atoms with van der Waals surface area (Å²) < 4.78 is 11.1. The highest BCUT2D eigenvalue weighted by Crippen LogP contribution is 2.15. The molecule has 0 saturated heterocycles. The quantitative estimate of drug-likeness (QED) is 0.811. The Kier molecular flexibility index (Phi) is 3.32. The van der Waals surface area contributed by atoms with Crippen LogP contribution in [0.2, 0.25) is 0 Å². The number of ether oxygens (including phenoxy) is 1. The third-order valence-electron chi connectivity index (χ3n) is 2.42. The van der Waals surface area contributed by atoms with E-state index in [1.165, 1.54) is 24.2 Å². The number of hydrogen-bond donors (Lipinski definition) is 1. The summed E-state index contributed by atoms with van der Waals surface area (Å²) in [5.41, 5.74) is 0.100. The number of carbonyl (C=O) groups is 2. The molecule has 2 aromatic heterocycles. The summed E-state index contributed by atoms with van der Waals surface area (Å²) in [4.78, 5) is 25.8. The number of nitrogens with zero attached hydrogens (tertiary/aromatic N) is 3. The van der Waals surface area contributed by atoms with Crippen molar-refractivity contribution in [2.45, 2.75) is 13.5 Å². The van der Waals surface area contributed by atoms with Gasteiger partial charge in [-0.05, 0) is 13.0 Å². The molecule has 8 heteroatoms. The minimum Gasteiger partial charge on any atom is -0.478 e. The lowest BCUT2D eigenvalue weighted by molar-refractivity contribution is 0.0585. The summed E-state index contributed by atoms with van der Waals surface area (Å²) in [6.45, 7) is 1.74. The Morgan fingerprint density at radius 3 is 2.84 bits per heavy atom. The molecule has 0 radical (unpaired) electrons. The number of hydrogen-bond acceptors (Lipinski definition) is 6. The van der Waals surface area contributed by atoms with Crippen molar-refractivity contribution < 1.29 is 23.8 Å². The second-order valence-corrected chi connectivity index (χ2v) is 3.75. The van der Waals surface area contributed by atoms with Gasteiger partial charge in [0.05, 0.1) is 7.11 Å². The van der Waals surface area contributed by atoms with Crippen LogP contribution in [0.3, 0.4) is 0 Å². The summed E-state index contributed by atoms with van der Waals surface area (Å²) in [5.74, 6) is -1.03. The molecular formula is C11H11N3O5. The van der Waals surface area contributed by atoms with Gasteiger partial charge in [-0.25, -0.2) is 19.3 Å². The molecule has 1 N–H and O–H groups in total. The van der Waals surface area contributed by atoms with Crippen LogP contribution in [-0.4, -0.2) is 38.9 Å². The van der Waals surface area contributed by atoms with Crippen molar-refractivity contribution >= 4 is 11.9 Å². The van der Waals surface area contributed by atoms with Crippen LogP contribution in [0.5, 0.6) is 0 Å². The average molecular weight is 265 g/mol. The fraction of sp³-hybridized carbons (Fsp3) is 0.273. The predicted octanol–water partition coefficient (Wildman–Crippen LogP) is 0.713. The summed E-state index contributed by atoms with van der Waals surface area (Å²) in [6, 6.07) is 1.41. The molecule has 0 spiro atoms. The lowest BCUT2D eigenvalue weighted by atomic mass is 10.2. The molecule has 0 amide bonds. The monoisotopic (exact) mass is 265 g/mol. The van der Waals surface area contributed by atoms with E-state index in [4.69, 9.17) is 9.52 Å². The molecule has 0 saturated carbocycles. The van der Waals surface area contributed by atoms with E-state index in [0.717, 1.165) is 0 Å². The summed E-state index contributed by atoms with van der Waals surface area (Å²) >= 11 is 0. The Hall–Kier alpha value is -2.64. The van der Waals surface area contributed by atoms with Crippen LogP contribution in [0.4, 0.5) is 0 Å². The molecule has 0 unspecified atom stereocenters. The molecule has 100 valence electrons. The van der Waals surface area contributed by atoms with Gasteiger partial charge in [-0.2, -0.15) is 0 Å². The molecule has 0 aromatic carbocycles. The van der Waals surface area contributed by atoms with Crippen molar-refractivity contribution in [3.63, 3.8) is 0 Å². The maximum absolute atomic E-state index is 11.2. The molecule has 0 fully saturated rings. The number of esters is 1. The van der Waals surface area contributed by atoms with Crippen LogP contribution in [-0.2, 0) is 11.3 Å². The highest BCUT2D eigenvalue weighted by atomic mass is 16.5. The first-order chi connectivity index (χ1) is 9.01. The van der Waals surface area contributed by atoms with Crippen molar-refractivity contribution in [2.24, 2.45) is 0 Å². The first kappa shape index (κ1) is 12.8. The van der Waals surface area contributed by atoms with Gasteiger partial charge in [0.2, 0.25) is 0 Å². The molecular weight excluding hydrogens is 254 g/mol. The molecule has 0 bridgehead atoms. The number of carboxylic acid groups (broad SMARTS) is 1. The lowest BCUT2D eigenvalue weighted by Gasteiger charge is -1.95. The number of aryl methyl sites for hydroxylation is 1. The number of furan rings is 1. The molecule has 2 heterocycles. The van der Waals surface area contributed by atoms with Crippen molar-refractivity contribution in [2.75, 3.05) is 7.11 Å². The Morgan fingerprint density at radius 1 is 1.53 bits per heavy atom. The number of methoxy groups -OCH3 is 1. The zero-order chi connectivity index (χ0) is 14.0. The van der Waals surface area contributed by atoms with E-state index in [1.807, 2.05) is 0 Å². The van der Waals surface area contributed by atoms with Gasteiger partial charge in [-0.1, -0.05) is 0 Å². The van der Waals surface area contributed by atoms with Gasteiger partial charge in [-0.3, -0.25) is 0 Å². The Labute approximate surface area is 107 Å². The van der Waals surface area contributed by atoms with Crippen LogP contribution < -0.4 is 0 Å². The third kappa shape index (κ3) is 2.62. The number of rotatable bonds is 4. The van der Waals surface area contributed by atoms with Crippen LogP contribution in [0, 0.1) is 6.92 Å². The zero-order valence-corrected chi connectivity index (χ0v) is 10.3. The maximum Gasteiger partial charge on any atom is 0.377 e. The summed E-state index contributed by atoms with van der Waals surface area (Å²) in [6.07, 6.45) is 1.34. The third-order valence-corrected chi connectivity index (χ3v) is 2.42. The van der Waals surface area contributed by atoms with Crippen LogP contribution >= 0.6 is 0 Å². The van der Waals surface area contributed by atoms with E-state index in [9.17, 15) is 9.59 Å². The maximum atomic E-state index is 11.2. The van der Waals surface area contributed by atoms with Gasteiger partial charge < -0.3 is 14.3 Å². The molecule has 0 aliphatic heterocycles. The van der Waals surface area contributed by atoms with Crippen LogP contribution in [0.25, 0.3) is 0 Å². The first-order valence-corrected chi connectivity index (χ1v) is 5.31. The fourth-order valence-corrected chi connectivity index (χ4v) is 1.55.